The SMILES string of the molecule is CCNc1cc(NS(C)(=O)=O)c(OC2CCCCC2)cc1[N+](=O)[O-]. The molecule has 24 heavy (non-hydrogen) atoms. The molecule has 1 aromatic carbocycles. The number of rotatable bonds is 7. The van der Waals surface area contributed by atoms with Gasteiger partial charge in [0.1, 0.15) is 5.69 Å². The van der Waals surface area contributed by atoms with Gasteiger partial charge in [0.05, 0.1) is 29.0 Å². The van der Waals surface area contributed by atoms with E-state index in [1.165, 1.54) is 12.1 Å². The topological polar surface area (TPSA) is 111 Å². The van der Waals surface area contributed by atoms with Crippen molar-refractivity contribution in [1.82, 2.24) is 0 Å². The van der Waals surface area contributed by atoms with Crippen molar-refractivity contribution in [2.75, 3.05) is 22.8 Å². The van der Waals surface area contributed by atoms with Gasteiger partial charge in [-0.25, -0.2) is 8.42 Å². The largest absolute Gasteiger partial charge is 0.488 e. The molecule has 1 saturated carbocycles. The molecule has 9 heteroatoms. The second kappa shape index (κ2) is 7.69. The lowest BCUT2D eigenvalue weighted by molar-refractivity contribution is -0.384. The molecule has 0 spiro atoms. The smallest absolute Gasteiger partial charge is 0.296 e. The molecule has 2 rings (SSSR count). The van der Waals surface area contributed by atoms with E-state index in [-0.39, 0.29) is 28.9 Å². The van der Waals surface area contributed by atoms with Crippen LogP contribution in [0.5, 0.6) is 5.75 Å². The highest BCUT2D eigenvalue weighted by molar-refractivity contribution is 7.92. The maximum atomic E-state index is 11.6. The van der Waals surface area contributed by atoms with E-state index in [0.29, 0.717) is 6.54 Å². The Bertz CT molecular complexity index is 699. The minimum absolute atomic E-state index is 0.0524. The van der Waals surface area contributed by atoms with E-state index in [1.807, 2.05) is 0 Å². The summed E-state index contributed by atoms with van der Waals surface area (Å²) in [5.74, 6) is 0.195. The first-order valence-corrected chi connectivity index (χ1v) is 9.90. The summed E-state index contributed by atoms with van der Waals surface area (Å²) in [4.78, 5) is 10.8. The lowest BCUT2D eigenvalue weighted by Crippen LogP contribution is -2.21. The maximum Gasteiger partial charge on any atom is 0.296 e. The Kier molecular flexibility index (Phi) is 5.87. The van der Waals surface area contributed by atoms with Gasteiger partial charge in [-0.3, -0.25) is 14.8 Å². The van der Waals surface area contributed by atoms with Crippen molar-refractivity contribution < 1.29 is 18.1 Å². The molecule has 134 valence electrons. The molecule has 0 aromatic heterocycles. The summed E-state index contributed by atoms with van der Waals surface area (Å²) in [5, 5.41) is 14.2. The molecule has 0 unspecified atom stereocenters. The van der Waals surface area contributed by atoms with Crippen LogP contribution in [0.15, 0.2) is 12.1 Å². The summed E-state index contributed by atoms with van der Waals surface area (Å²) in [6.07, 6.45) is 5.93. The third kappa shape index (κ3) is 4.98. The van der Waals surface area contributed by atoms with Crippen molar-refractivity contribution in [3.8, 4) is 5.75 Å². The second-order valence-electron chi connectivity index (χ2n) is 5.91. The van der Waals surface area contributed by atoms with Crippen LogP contribution in [0, 0.1) is 10.1 Å². The molecular weight excluding hydrogens is 334 g/mol. The number of hydrogen-bond donors (Lipinski definition) is 2. The standard InChI is InChI=1S/C15H23N3O5S/c1-3-16-12-9-13(17-24(2,21)22)15(10-14(12)18(19)20)23-11-7-5-4-6-8-11/h9-11,16-17H,3-8H2,1-2H3. The number of ether oxygens (including phenoxy) is 1. The van der Waals surface area contributed by atoms with E-state index in [2.05, 4.69) is 10.0 Å². The van der Waals surface area contributed by atoms with Crippen LogP contribution >= 0.6 is 0 Å². The fourth-order valence-corrected chi connectivity index (χ4v) is 3.35. The number of benzene rings is 1. The van der Waals surface area contributed by atoms with Gasteiger partial charge < -0.3 is 10.1 Å². The van der Waals surface area contributed by atoms with E-state index in [9.17, 15) is 18.5 Å². The molecule has 1 aliphatic carbocycles. The summed E-state index contributed by atoms with van der Waals surface area (Å²) in [5.41, 5.74) is 0.330. The molecule has 0 atom stereocenters. The molecule has 1 aromatic rings. The lowest BCUT2D eigenvalue weighted by atomic mass is 9.98. The van der Waals surface area contributed by atoms with E-state index in [4.69, 9.17) is 4.74 Å². The summed E-state index contributed by atoms with van der Waals surface area (Å²) >= 11 is 0. The number of nitrogens with zero attached hydrogens (tertiary/aromatic N) is 1. The number of sulfonamides is 1. The molecule has 0 radical (unpaired) electrons. The Labute approximate surface area is 141 Å². The van der Waals surface area contributed by atoms with Crippen LogP contribution < -0.4 is 14.8 Å². The Hall–Kier alpha value is -2.03. The van der Waals surface area contributed by atoms with E-state index < -0.39 is 14.9 Å². The van der Waals surface area contributed by atoms with Gasteiger partial charge in [0, 0.05) is 6.54 Å². The van der Waals surface area contributed by atoms with E-state index >= 15 is 0 Å². The van der Waals surface area contributed by atoms with Crippen LogP contribution in [0.3, 0.4) is 0 Å². The zero-order chi connectivity index (χ0) is 17.7. The molecule has 0 amide bonds. The average Bonchev–Trinajstić information content (AvgIpc) is 2.49. The van der Waals surface area contributed by atoms with Gasteiger partial charge in [0.25, 0.3) is 5.69 Å². The fourth-order valence-electron chi connectivity index (χ4n) is 2.79. The third-order valence-corrected chi connectivity index (χ3v) is 4.39. The lowest BCUT2D eigenvalue weighted by Gasteiger charge is -2.24. The number of anilines is 2. The zero-order valence-corrected chi connectivity index (χ0v) is 14.7. The predicted octanol–water partition coefficient (Wildman–Crippen LogP) is 3.11. The monoisotopic (exact) mass is 357 g/mol. The van der Waals surface area contributed by atoms with Gasteiger partial charge in [-0.15, -0.1) is 0 Å². The minimum atomic E-state index is -3.53. The first kappa shape index (κ1) is 18.3. The van der Waals surface area contributed by atoms with Gasteiger partial charge in [0.15, 0.2) is 5.75 Å². The summed E-state index contributed by atoms with van der Waals surface area (Å²) in [6.45, 7) is 2.28. The van der Waals surface area contributed by atoms with Crippen LogP contribution in [0.4, 0.5) is 17.1 Å². The van der Waals surface area contributed by atoms with Crippen LogP contribution in [0.2, 0.25) is 0 Å². The minimum Gasteiger partial charge on any atom is -0.488 e. The Morgan fingerprint density at radius 3 is 2.46 bits per heavy atom. The molecule has 0 saturated heterocycles. The van der Waals surface area contributed by atoms with Crippen molar-refractivity contribution in [3.63, 3.8) is 0 Å². The molecule has 2 N–H and O–H groups in total. The van der Waals surface area contributed by atoms with E-state index in [0.717, 1.165) is 38.4 Å². The number of nitrogens with one attached hydrogen (secondary N) is 2. The van der Waals surface area contributed by atoms with Gasteiger partial charge in [0.2, 0.25) is 10.0 Å². The average molecular weight is 357 g/mol. The van der Waals surface area contributed by atoms with Gasteiger partial charge >= 0.3 is 0 Å². The van der Waals surface area contributed by atoms with Gasteiger partial charge in [-0.2, -0.15) is 0 Å². The molecule has 1 aliphatic rings. The summed E-state index contributed by atoms with van der Waals surface area (Å²) < 4.78 is 31.5. The number of nitro benzene ring substituents is 1. The summed E-state index contributed by atoms with van der Waals surface area (Å²) in [7, 11) is -3.53. The van der Waals surface area contributed by atoms with Crippen molar-refractivity contribution in [3.05, 3.63) is 22.2 Å². The highest BCUT2D eigenvalue weighted by Crippen LogP contribution is 2.38. The molecular formula is C15H23N3O5S. The highest BCUT2D eigenvalue weighted by Gasteiger charge is 2.23. The van der Waals surface area contributed by atoms with Crippen LogP contribution in [0.25, 0.3) is 0 Å². The summed E-state index contributed by atoms with van der Waals surface area (Å²) in [6, 6.07) is 2.71. The van der Waals surface area contributed by atoms with Gasteiger partial charge in [-0.05, 0) is 38.7 Å². The van der Waals surface area contributed by atoms with Crippen molar-refractivity contribution in [2.45, 2.75) is 45.1 Å². The molecule has 0 bridgehead atoms. The fraction of sp³-hybridized carbons (Fsp3) is 0.600. The van der Waals surface area contributed by atoms with Crippen LogP contribution in [0.1, 0.15) is 39.0 Å². The molecule has 8 nitrogen and oxygen atoms in total. The van der Waals surface area contributed by atoms with Gasteiger partial charge in [-0.1, -0.05) is 6.42 Å². The molecule has 0 aliphatic heterocycles. The highest BCUT2D eigenvalue weighted by atomic mass is 32.2. The third-order valence-electron chi connectivity index (χ3n) is 3.80. The zero-order valence-electron chi connectivity index (χ0n) is 13.9. The first-order valence-electron chi connectivity index (χ1n) is 8.01. The maximum absolute atomic E-state index is 11.6. The first-order chi connectivity index (χ1) is 11.3. The van der Waals surface area contributed by atoms with Crippen molar-refractivity contribution in [1.29, 1.82) is 0 Å². The van der Waals surface area contributed by atoms with Crippen LogP contribution in [-0.4, -0.2) is 32.2 Å². The Morgan fingerprint density at radius 2 is 1.92 bits per heavy atom. The second-order valence-corrected chi connectivity index (χ2v) is 7.65. The Morgan fingerprint density at radius 1 is 1.25 bits per heavy atom. The van der Waals surface area contributed by atoms with Crippen LogP contribution in [-0.2, 0) is 10.0 Å². The molecule has 0 heterocycles. The number of nitro groups is 1. The normalized spacial score (nSPS) is 15.8. The van der Waals surface area contributed by atoms with E-state index in [1.54, 1.807) is 6.92 Å². The molecule has 1 fully saturated rings. The van der Waals surface area contributed by atoms with Crippen molar-refractivity contribution in [2.24, 2.45) is 0 Å². The Balaban J connectivity index is 2.42. The quantitative estimate of drug-likeness (QED) is 0.573. The van der Waals surface area contributed by atoms with Crippen molar-refractivity contribution >= 4 is 27.1 Å². The number of hydrogen-bond acceptors (Lipinski definition) is 6. The predicted molar refractivity (Wildman–Crippen MR) is 93.2 cm³/mol.